The molecule has 0 spiro atoms. The van der Waals surface area contributed by atoms with Crippen LogP contribution >= 0.6 is 23.2 Å². The van der Waals surface area contributed by atoms with Crippen LogP contribution in [0, 0.1) is 0 Å². The zero-order valence-electron chi connectivity index (χ0n) is 9.46. The minimum atomic E-state index is -1.60. The van der Waals surface area contributed by atoms with Crippen molar-refractivity contribution in [3.05, 3.63) is 0 Å². The molecule has 0 atom stereocenters. The lowest BCUT2D eigenvalue weighted by atomic mass is 10.3. The molecule has 16 heavy (non-hydrogen) atoms. The maximum Gasteiger partial charge on any atom is 0.304 e. The van der Waals surface area contributed by atoms with E-state index in [4.69, 9.17) is 31.6 Å². The lowest BCUT2D eigenvalue weighted by molar-refractivity contribution is 0.242. The van der Waals surface area contributed by atoms with Crippen LogP contribution in [-0.2, 0) is 19.7 Å². The van der Waals surface area contributed by atoms with Gasteiger partial charge in [0.2, 0.25) is 0 Å². The average molecular weight is 291 g/mol. The Hall–Kier alpha value is 0.650. The van der Waals surface area contributed by atoms with Crippen LogP contribution in [0.1, 0.15) is 38.5 Å². The minimum Gasteiger partial charge on any atom is -0.268 e. The molecule has 0 aliphatic heterocycles. The molecule has 0 bridgehead atoms. The first-order valence-electron chi connectivity index (χ1n) is 5.61. The summed E-state index contributed by atoms with van der Waals surface area (Å²) in [5.74, 6) is 1.33. The van der Waals surface area contributed by atoms with Crippen LogP contribution < -0.4 is 0 Å². The molecule has 98 valence electrons. The third-order valence-electron chi connectivity index (χ3n) is 1.92. The van der Waals surface area contributed by atoms with Gasteiger partial charge in [-0.2, -0.15) is 4.21 Å². The van der Waals surface area contributed by atoms with Crippen molar-refractivity contribution in [1.82, 2.24) is 0 Å². The Bertz CT molecular complexity index is 154. The van der Waals surface area contributed by atoms with Crippen LogP contribution in [0.4, 0.5) is 0 Å². The Kier molecular flexibility index (Phi) is 14.3. The molecular weight excluding hydrogens is 271 g/mol. The predicted octanol–water partition coefficient (Wildman–Crippen LogP) is 3.42. The highest BCUT2D eigenvalue weighted by Gasteiger charge is 2.00. The number of alkyl halides is 2. The van der Waals surface area contributed by atoms with Crippen LogP contribution in [0.3, 0.4) is 0 Å². The van der Waals surface area contributed by atoms with Gasteiger partial charge in [-0.05, 0) is 38.5 Å². The largest absolute Gasteiger partial charge is 0.304 e. The topological polar surface area (TPSA) is 35.5 Å². The van der Waals surface area contributed by atoms with Crippen molar-refractivity contribution in [2.75, 3.05) is 25.0 Å². The molecule has 0 aromatic rings. The van der Waals surface area contributed by atoms with Crippen LogP contribution in [0.25, 0.3) is 0 Å². The Labute approximate surface area is 111 Å². The average Bonchev–Trinajstić information content (AvgIpc) is 2.28. The van der Waals surface area contributed by atoms with Crippen LogP contribution in [0.5, 0.6) is 0 Å². The Morgan fingerprint density at radius 3 is 1.56 bits per heavy atom. The normalized spacial score (nSPS) is 11.2. The third-order valence-corrected chi connectivity index (χ3v) is 3.17. The molecular formula is C10H20Cl2O3S. The summed E-state index contributed by atoms with van der Waals surface area (Å²) in [4.78, 5) is 0. The summed E-state index contributed by atoms with van der Waals surface area (Å²) >= 11 is 9.44. The molecule has 0 unspecified atom stereocenters. The molecule has 0 amide bonds. The first kappa shape index (κ1) is 16.6. The zero-order valence-corrected chi connectivity index (χ0v) is 11.8. The van der Waals surface area contributed by atoms with Gasteiger partial charge in [-0.1, -0.05) is 0 Å². The highest BCUT2D eigenvalue weighted by atomic mass is 35.5. The maximum absolute atomic E-state index is 11.1. The van der Waals surface area contributed by atoms with E-state index in [1.54, 1.807) is 0 Å². The van der Waals surface area contributed by atoms with E-state index in [0.717, 1.165) is 38.5 Å². The number of halogens is 2. The first-order valence-corrected chi connectivity index (χ1v) is 7.68. The van der Waals surface area contributed by atoms with E-state index in [9.17, 15) is 4.21 Å². The van der Waals surface area contributed by atoms with Crippen LogP contribution in [-0.4, -0.2) is 29.2 Å². The van der Waals surface area contributed by atoms with Gasteiger partial charge in [0.15, 0.2) is 0 Å². The summed E-state index contributed by atoms with van der Waals surface area (Å²) in [5, 5.41) is 0. The molecule has 0 aromatic heterocycles. The van der Waals surface area contributed by atoms with Crippen molar-refractivity contribution in [3.63, 3.8) is 0 Å². The van der Waals surface area contributed by atoms with Gasteiger partial charge < -0.3 is 0 Å². The second-order valence-corrected chi connectivity index (χ2v) is 4.98. The molecule has 0 saturated carbocycles. The zero-order chi connectivity index (χ0) is 12.1. The molecule has 0 saturated heterocycles. The summed E-state index contributed by atoms with van der Waals surface area (Å²) in [5.41, 5.74) is 0. The first-order chi connectivity index (χ1) is 7.81. The molecule has 0 aliphatic carbocycles. The van der Waals surface area contributed by atoms with E-state index in [1.807, 2.05) is 0 Å². The predicted molar refractivity (Wildman–Crippen MR) is 69.2 cm³/mol. The molecule has 0 aliphatic rings. The summed E-state index contributed by atoms with van der Waals surface area (Å²) in [6.45, 7) is 0.927. The Morgan fingerprint density at radius 2 is 1.19 bits per heavy atom. The van der Waals surface area contributed by atoms with E-state index in [-0.39, 0.29) is 0 Å². The molecule has 3 nitrogen and oxygen atoms in total. The molecule has 0 N–H and O–H groups in total. The number of unbranched alkanes of at least 4 members (excludes halogenated alkanes) is 4. The van der Waals surface area contributed by atoms with E-state index in [2.05, 4.69) is 0 Å². The second kappa shape index (κ2) is 13.7. The Balaban J connectivity index is 3.12. The van der Waals surface area contributed by atoms with Gasteiger partial charge in [0.1, 0.15) is 0 Å². The monoisotopic (exact) mass is 290 g/mol. The summed E-state index contributed by atoms with van der Waals surface area (Å²) in [7, 11) is 0. The molecule has 0 aromatic carbocycles. The lowest BCUT2D eigenvalue weighted by Crippen LogP contribution is -2.05. The number of hydrogen-bond acceptors (Lipinski definition) is 3. The number of hydrogen-bond donors (Lipinski definition) is 0. The fourth-order valence-corrected chi connectivity index (χ4v) is 1.99. The van der Waals surface area contributed by atoms with Crippen LogP contribution in [0.2, 0.25) is 0 Å². The second-order valence-electron chi connectivity index (χ2n) is 3.35. The molecule has 0 fully saturated rings. The SMILES string of the molecule is O=S(OCCCCCCl)OCCCCCCl. The van der Waals surface area contributed by atoms with Gasteiger partial charge in [0.05, 0.1) is 13.2 Å². The molecule has 0 rings (SSSR count). The van der Waals surface area contributed by atoms with E-state index >= 15 is 0 Å². The summed E-state index contributed by atoms with van der Waals surface area (Å²) in [6, 6.07) is 0. The highest BCUT2D eigenvalue weighted by molar-refractivity contribution is 7.75. The van der Waals surface area contributed by atoms with Gasteiger partial charge in [-0.15, -0.1) is 23.2 Å². The molecule has 0 radical (unpaired) electrons. The van der Waals surface area contributed by atoms with E-state index < -0.39 is 11.4 Å². The highest BCUT2D eigenvalue weighted by Crippen LogP contribution is 2.02. The maximum atomic E-state index is 11.1. The lowest BCUT2D eigenvalue weighted by Gasteiger charge is -2.03. The van der Waals surface area contributed by atoms with Gasteiger partial charge >= 0.3 is 11.4 Å². The van der Waals surface area contributed by atoms with Crippen molar-refractivity contribution < 1.29 is 12.6 Å². The summed E-state index contributed by atoms with van der Waals surface area (Å²) < 4.78 is 21.1. The third kappa shape index (κ3) is 12.7. The fraction of sp³-hybridized carbons (Fsp3) is 1.00. The van der Waals surface area contributed by atoms with Crippen molar-refractivity contribution >= 4 is 34.6 Å². The van der Waals surface area contributed by atoms with Crippen LogP contribution in [0.15, 0.2) is 0 Å². The fourth-order valence-electron chi connectivity index (χ4n) is 1.03. The minimum absolute atomic E-state index is 0.463. The standard InChI is InChI=1S/C10H20Cl2O3S/c11-7-3-1-5-9-14-16(13)15-10-6-2-4-8-12/h1-10H2. The number of rotatable bonds is 12. The van der Waals surface area contributed by atoms with Crippen molar-refractivity contribution in [1.29, 1.82) is 0 Å². The van der Waals surface area contributed by atoms with E-state index in [1.165, 1.54) is 0 Å². The molecule has 6 heteroatoms. The quantitative estimate of drug-likeness (QED) is 0.408. The Morgan fingerprint density at radius 1 is 0.750 bits per heavy atom. The summed E-state index contributed by atoms with van der Waals surface area (Å²) in [6.07, 6.45) is 5.67. The van der Waals surface area contributed by atoms with Gasteiger partial charge in [0, 0.05) is 11.8 Å². The van der Waals surface area contributed by atoms with Gasteiger partial charge in [-0.25, -0.2) is 0 Å². The van der Waals surface area contributed by atoms with Crippen molar-refractivity contribution in [2.24, 2.45) is 0 Å². The van der Waals surface area contributed by atoms with Gasteiger partial charge in [0.25, 0.3) is 0 Å². The van der Waals surface area contributed by atoms with Crippen molar-refractivity contribution in [3.8, 4) is 0 Å². The molecule has 0 heterocycles. The van der Waals surface area contributed by atoms with E-state index in [0.29, 0.717) is 25.0 Å². The van der Waals surface area contributed by atoms with Gasteiger partial charge in [-0.3, -0.25) is 8.37 Å². The smallest absolute Gasteiger partial charge is 0.268 e. The van der Waals surface area contributed by atoms with Crippen molar-refractivity contribution in [2.45, 2.75) is 38.5 Å².